The second-order valence-electron chi connectivity index (χ2n) is 4.75. The van der Waals surface area contributed by atoms with Gasteiger partial charge in [0.2, 0.25) is 0 Å². The SMILES string of the molecule is CCC(C)C(CCc1ccccc1C)NC. The Kier molecular flexibility index (Phi) is 5.54. The maximum Gasteiger partial charge on any atom is 0.00927 e. The molecule has 0 aromatic heterocycles. The number of aryl methyl sites for hydroxylation is 2. The maximum atomic E-state index is 3.44. The molecule has 0 heterocycles. The van der Waals surface area contributed by atoms with Crippen LogP contribution in [0.1, 0.15) is 37.8 Å². The Morgan fingerprint density at radius 3 is 2.50 bits per heavy atom. The summed E-state index contributed by atoms with van der Waals surface area (Å²) < 4.78 is 0. The standard InChI is InChI=1S/C15H25N/c1-5-12(2)15(16-4)11-10-14-9-7-6-8-13(14)3/h6-9,12,15-16H,5,10-11H2,1-4H3. The minimum Gasteiger partial charge on any atom is -0.317 e. The van der Waals surface area contributed by atoms with E-state index in [-0.39, 0.29) is 0 Å². The van der Waals surface area contributed by atoms with Crippen molar-refractivity contribution in [1.29, 1.82) is 0 Å². The third kappa shape index (κ3) is 3.64. The predicted octanol–water partition coefficient (Wildman–Crippen LogP) is 3.56. The van der Waals surface area contributed by atoms with Gasteiger partial charge in [0.25, 0.3) is 0 Å². The van der Waals surface area contributed by atoms with Crippen molar-refractivity contribution in [3.05, 3.63) is 35.4 Å². The number of hydrogen-bond donors (Lipinski definition) is 1. The van der Waals surface area contributed by atoms with Crippen LogP contribution in [0, 0.1) is 12.8 Å². The molecule has 0 radical (unpaired) electrons. The lowest BCUT2D eigenvalue weighted by Crippen LogP contribution is -2.32. The summed E-state index contributed by atoms with van der Waals surface area (Å²) in [5.74, 6) is 0.758. The lowest BCUT2D eigenvalue weighted by atomic mass is 9.92. The summed E-state index contributed by atoms with van der Waals surface area (Å²) in [5.41, 5.74) is 2.91. The van der Waals surface area contributed by atoms with Crippen molar-refractivity contribution in [3.8, 4) is 0 Å². The molecule has 0 aliphatic rings. The first-order valence-corrected chi connectivity index (χ1v) is 6.40. The molecule has 1 aromatic rings. The Morgan fingerprint density at radius 2 is 1.94 bits per heavy atom. The summed E-state index contributed by atoms with van der Waals surface area (Å²) >= 11 is 0. The maximum absolute atomic E-state index is 3.44. The normalized spacial score (nSPS) is 14.8. The third-order valence-electron chi connectivity index (χ3n) is 3.69. The van der Waals surface area contributed by atoms with Crippen LogP contribution in [-0.2, 0) is 6.42 Å². The van der Waals surface area contributed by atoms with Gasteiger partial charge in [0.05, 0.1) is 0 Å². The summed E-state index contributed by atoms with van der Waals surface area (Å²) in [5, 5.41) is 3.44. The molecule has 0 aliphatic heterocycles. The van der Waals surface area contributed by atoms with E-state index in [0.29, 0.717) is 6.04 Å². The van der Waals surface area contributed by atoms with Crippen molar-refractivity contribution in [2.45, 2.75) is 46.1 Å². The Hall–Kier alpha value is -0.820. The lowest BCUT2D eigenvalue weighted by Gasteiger charge is -2.22. The fourth-order valence-electron chi connectivity index (χ4n) is 2.20. The van der Waals surface area contributed by atoms with E-state index in [2.05, 4.69) is 57.4 Å². The number of rotatable bonds is 6. The first-order valence-electron chi connectivity index (χ1n) is 6.40. The zero-order chi connectivity index (χ0) is 12.0. The fourth-order valence-corrected chi connectivity index (χ4v) is 2.20. The molecule has 0 amide bonds. The van der Waals surface area contributed by atoms with Gasteiger partial charge >= 0.3 is 0 Å². The van der Waals surface area contributed by atoms with Gasteiger partial charge in [-0.3, -0.25) is 0 Å². The van der Waals surface area contributed by atoms with Crippen LogP contribution in [-0.4, -0.2) is 13.1 Å². The molecule has 0 fully saturated rings. The van der Waals surface area contributed by atoms with Crippen LogP contribution < -0.4 is 5.32 Å². The van der Waals surface area contributed by atoms with Crippen molar-refractivity contribution in [2.24, 2.45) is 5.92 Å². The molecule has 0 spiro atoms. The molecule has 2 unspecified atom stereocenters. The highest BCUT2D eigenvalue weighted by Gasteiger charge is 2.13. The smallest absolute Gasteiger partial charge is 0.00927 e. The van der Waals surface area contributed by atoms with Crippen molar-refractivity contribution in [3.63, 3.8) is 0 Å². The van der Waals surface area contributed by atoms with Crippen LogP contribution in [0.25, 0.3) is 0 Å². The van der Waals surface area contributed by atoms with Crippen molar-refractivity contribution >= 4 is 0 Å². The quantitative estimate of drug-likeness (QED) is 0.771. The van der Waals surface area contributed by atoms with Gasteiger partial charge < -0.3 is 5.32 Å². The van der Waals surface area contributed by atoms with Gasteiger partial charge in [-0.1, -0.05) is 44.5 Å². The average Bonchev–Trinajstić information content (AvgIpc) is 2.31. The fraction of sp³-hybridized carbons (Fsp3) is 0.600. The molecular formula is C15H25N. The van der Waals surface area contributed by atoms with Gasteiger partial charge in [-0.15, -0.1) is 0 Å². The molecule has 90 valence electrons. The average molecular weight is 219 g/mol. The molecule has 1 N–H and O–H groups in total. The van der Waals surface area contributed by atoms with E-state index in [0.717, 1.165) is 5.92 Å². The van der Waals surface area contributed by atoms with E-state index in [1.165, 1.54) is 30.4 Å². The summed E-state index contributed by atoms with van der Waals surface area (Å²) in [7, 11) is 2.08. The number of hydrogen-bond acceptors (Lipinski definition) is 1. The van der Waals surface area contributed by atoms with Crippen molar-refractivity contribution in [2.75, 3.05) is 7.05 Å². The Labute approximate surface area is 100 Å². The Bertz CT molecular complexity index is 306. The van der Waals surface area contributed by atoms with Gasteiger partial charge in [-0.2, -0.15) is 0 Å². The monoisotopic (exact) mass is 219 g/mol. The van der Waals surface area contributed by atoms with E-state index in [1.54, 1.807) is 0 Å². The minimum atomic E-state index is 0.643. The van der Waals surface area contributed by atoms with Crippen molar-refractivity contribution in [1.82, 2.24) is 5.32 Å². The van der Waals surface area contributed by atoms with E-state index < -0.39 is 0 Å². The second-order valence-corrected chi connectivity index (χ2v) is 4.75. The first-order chi connectivity index (χ1) is 7.69. The van der Waals surface area contributed by atoms with Crippen LogP contribution in [0.5, 0.6) is 0 Å². The van der Waals surface area contributed by atoms with Gasteiger partial charge in [-0.25, -0.2) is 0 Å². The molecule has 1 heteroatoms. The molecule has 1 nitrogen and oxygen atoms in total. The largest absolute Gasteiger partial charge is 0.317 e. The molecule has 1 rings (SSSR count). The predicted molar refractivity (Wildman–Crippen MR) is 71.8 cm³/mol. The molecule has 1 aromatic carbocycles. The molecule has 2 atom stereocenters. The minimum absolute atomic E-state index is 0.643. The van der Waals surface area contributed by atoms with Crippen LogP contribution in [0.3, 0.4) is 0 Å². The third-order valence-corrected chi connectivity index (χ3v) is 3.69. The molecular weight excluding hydrogens is 194 g/mol. The van der Waals surface area contributed by atoms with E-state index in [4.69, 9.17) is 0 Å². The molecule has 0 saturated heterocycles. The van der Waals surface area contributed by atoms with Crippen LogP contribution in [0.4, 0.5) is 0 Å². The number of nitrogens with one attached hydrogen (secondary N) is 1. The Balaban J connectivity index is 2.53. The molecule has 0 bridgehead atoms. The first kappa shape index (κ1) is 13.2. The van der Waals surface area contributed by atoms with Crippen LogP contribution >= 0.6 is 0 Å². The van der Waals surface area contributed by atoms with Gasteiger partial charge in [0, 0.05) is 6.04 Å². The van der Waals surface area contributed by atoms with Crippen molar-refractivity contribution < 1.29 is 0 Å². The zero-order valence-corrected chi connectivity index (χ0v) is 11.1. The molecule has 0 aliphatic carbocycles. The van der Waals surface area contributed by atoms with E-state index in [9.17, 15) is 0 Å². The highest BCUT2D eigenvalue weighted by molar-refractivity contribution is 5.25. The van der Waals surface area contributed by atoms with Crippen LogP contribution in [0.2, 0.25) is 0 Å². The second kappa shape index (κ2) is 6.70. The molecule has 16 heavy (non-hydrogen) atoms. The van der Waals surface area contributed by atoms with Gasteiger partial charge in [-0.05, 0) is 43.9 Å². The highest BCUT2D eigenvalue weighted by Crippen LogP contribution is 2.16. The van der Waals surface area contributed by atoms with E-state index >= 15 is 0 Å². The summed E-state index contributed by atoms with van der Waals surface area (Å²) in [6.45, 7) is 6.80. The van der Waals surface area contributed by atoms with Crippen LogP contribution in [0.15, 0.2) is 24.3 Å². The summed E-state index contributed by atoms with van der Waals surface area (Å²) in [4.78, 5) is 0. The van der Waals surface area contributed by atoms with E-state index in [1.807, 2.05) is 0 Å². The summed E-state index contributed by atoms with van der Waals surface area (Å²) in [6.07, 6.45) is 3.66. The van der Waals surface area contributed by atoms with Gasteiger partial charge in [0.1, 0.15) is 0 Å². The Morgan fingerprint density at radius 1 is 1.25 bits per heavy atom. The zero-order valence-electron chi connectivity index (χ0n) is 11.1. The summed E-state index contributed by atoms with van der Waals surface area (Å²) in [6, 6.07) is 9.35. The molecule has 0 saturated carbocycles. The number of benzene rings is 1. The topological polar surface area (TPSA) is 12.0 Å². The highest BCUT2D eigenvalue weighted by atomic mass is 14.9. The lowest BCUT2D eigenvalue weighted by molar-refractivity contribution is 0.368. The van der Waals surface area contributed by atoms with Gasteiger partial charge in [0.15, 0.2) is 0 Å².